The summed E-state index contributed by atoms with van der Waals surface area (Å²) in [6, 6.07) is 9.87. The van der Waals surface area contributed by atoms with E-state index in [0.29, 0.717) is 24.5 Å². The van der Waals surface area contributed by atoms with Crippen LogP contribution in [0.2, 0.25) is 5.02 Å². The molecule has 0 saturated carbocycles. The van der Waals surface area contributed by atoms with Crippen molar-refractivity contribution in [1.29, 1.82) is 0 Å². The van der Waals surface area contributed by atoms with E-state index in [4.69, 9.17) is 11.6 Å². The molecule has 2 N–H and O–H groups in total. The van der Waals surface area contributed by atoms with Crippen molar-refractivity contribution in [2.45, 2.75) is 18.7 Å². The fourth-order valence-corrected chi connectivity index (χ4v) is 4.20. The number of carbonyl (C=O) groups excluding carboxylic acids is 1. The van der Waals surface area contributed by atoms with E-state index in [1.54, 1.807) is 26.0 Å². The summed E-state index contributed by atoms with van der Waals surface area (Å²) in [4.78, 5) is 12.2. The average Bonchev–Trinajstić information content (AvgIpc) is 2.62. The van der Waals surface area contributed by atoms with Crippen LogP contribution < -0.4 is 10.6 Å². The summed E-state index contributed by atoms with van der Waals surface area (Å²) < 4.78 is 39.5. The Hall–Kier alpha value is -2.16. The van der Waals surface area contributed by atoms with Crippen molar-refractivity contribution < 1.29 is 17.6 Å². The summed E-state index contributed by atoms with van der Waals surface area (Å²) in [5, 5.41) is 5.60. The number of amides is 1. The Bertz CT molecular complexity index is 918. The quantitative estimate of drug-likeness (QED) is 0.693. The molecule has 0 saturated heterocycles. The van der Waals surface area contributed by atoms with E-state index in [1.807, 2.05) is 0 Å². The molecule has 1 amide bonds. The molecule has 0 spiro atoms. The van der Waals surface area contributed by atoms with Gasteiger partial charge in [-0.3, -0.25) is 4.79 Å². The van der Waals surface area contributed by atoms with E-state index in [0.717, 1.165) is 6.07 Å². The number of rotatable bonds is 8. The third kappa shape index (κ3) is 5.41. The molecule has 9 heteroatoms. The smallest absolute Gasteiger partial charge is 0.243 e. The lowest BCUT2D eigenvalue weighted by molar-refractivity contribution is -0.114. The highest BCUT2D eigenvalue weighted by Gasteiger charge is 2.21. The van der Waals surface area contributed by atoms with Crippen molar-refractivity contribution in [1.82, 2.24) is 4.31 Å². The summed E-state index contributed by atoms with van der Waals surface area (Å²) in [6.45, 7) is 4.13. The Morgan fingerprint density at radius 1 is 1.15 bits per heavy atom. The fraction of sp³-hybridized carbons (Fsp3) is 0.278. The first-order valence-electron chi connectivity index (χ1n) is 8.37. The number of sulfonamides is 1. The normalized spacial score (nSPS) is 11.4. The lowest BCUT2D eigenvalue weighted by Gasteiger charge is -2.19. The number of hydrogen-bond donors (Lipinski definition) is 2. The van der Waals surface area contributed by atoms with Gasteiger partial charge in [-0.25, -0.2) is 12.8 Å². The highest BCUT2D eigenvalue weighted by Crippen LogP contribution is 2.22. The topological polar surface area (TPSA) is 78.5 Å². The Morgan fingerprint density at radius 2 is 1.85 bits per heavy atom. The Labute approximate surface area is 163 Å². The zero-order valence-corrected chi connectivity index (χ0v) is 16.6. The van der Waals surface area contributed by atoms with Crippen LogP contribution in [0.15, 0.2) is 47.4 Å². The third-order valence-electron chi connectivity index (χ3n) is 3.83. The van der Waals surface area contributed by atoms with Crippen LogP contribution in [0.4, 0.5) is 15.8 Å². The van der Waals surface area contributed by atoms with Gasteiger partial charge in [0.15, 0.2) is 0 Å². The van der Waals surface area contributed by atoms with E-state index in [1.165, 1.54) is 28.6 Å². The fourth-order valence-electron chi connectivity index (χ4n) is 2.46. The first-order valence-corrected chi connectivity index (χ1v) is 10.2. The molecule has 146 valence electrons. The largest absolute Gasteiger partial charge is 0.375 e. The predicted octanol–water partition coefficient (Wildman–Crippen LogP) is 3.56. The van der Waals surface area contributed by atoms with Crippen LogP contribution in [0.25, 0.3) is 0 Å². The third-order valence-corrected chi connectivity index (χ3v) is 6.19. The van der Waals surface area contributed by atoms with Gasteiger partial charge < -0.3 is 10.6 Å². The van der Waals surface area contributed by atoms with Crippen LogP contribution in [0.5, 0.6) is 0 Å². The lowest BCUT2D eigenvalue weighted by atomic mass is 10.3. The molecule has 27 heavy (non-hydrogen) atoms. The maximum absolute atomic E-state index is 13.0. The summed E-state index contributed by atoms with van der Waals surface area (Å²) in [7, 11) is -3.61. The second-order valence-electron chi connectivity index (χ2n) is 5.64. The molecule has 0 aliphatic rings. The number of carbonyl (C=O) groups is 1. The molecule has 0 aromatic heterocycles. The van der Waals surface area contributed by atoms with Crippen LogP contribution in [-0.2, 0) is 14.8 Å². The summed E-state index contributed by atoms with van der Waals surface area (Å²) in [5.74, 6) is -0.867. The highest BCUT2D eigenvalue weighted by molar-refractivity contribution is 7.89. The van der Waals surface area contributed by atoms with Crippen molar-refractivity contribution >= 4 is 38.9 Å². The molecule has 0 radical (unpaired) electrons. The van der Waals surface area contributed by atoms with E-state index >= 15 is 0 Å². The number of benzene rings is 2. The standard InChI is InChI=1S/C18H21ClFN3O3S/c1-3-23(4-2)27(25,26)15-7-5-6-14(11-15)22-18(24)12-21-17-9-8-13(20)10-16(17)19/h5-11,21H,3-4,12H2,1-2H3,(H,22,24). The number of anilines is 2. The van der Waals surface area contributed by atoms with E-state index in [9.17, 15) is 17.6 Å². The molecule has 6 nitrogen and oxygen atoms in total. The highest BCUT2D eigenvalue weighted by atomic mass is 35.5. The molecule has 0 unspecified atom stereocenters. The second-order valence-corrected chi connectivity index (χ2v) is 7.99. The van der Waals surface area contributed by atoms with Gasteiger partial charge in [-0.15, -0.1) is 0 Å². The SMILES string of the molecule is CCN(CC)S(=O)(=O)c1cccc(NC(=O)CNc2ccc(F)cc2Cl)c1. The van der Waals surface area contributed by atoms with Gasteiger partial charge in [0.2, 0.25) is 15.9 Å². The molecule has 0 bridgehead atoms. The number of nitrogens with zero attached hydrogens (tertiary/aromatic N) is 1. The van der Waals surface area contributed by atoms with Crippen molar-refractivity contribution in [3.8, 4) is 0 Å². The first kappa shape index (κ1) is 21.1. The zero-order valence-electron chi connectivity index (χ0n) is 15.0. The van der Waals surface area contributed by atoms with Crippen molar-refractivity contribution in [3.05, 3.63) is 53.3 Å². The summed E-state index contributed by atoms with van der Waals surface area (Å²) in [6.07, 6.45) is 0. The monoisotopic (exact) mass is 413 g/mol. The van der Waals surface area contributed by atoms with Crippen LogP contribution in [0, 0.1) is 5.82 Å². The predicted molar refractivity (Wildman–Crippen MR) is 105 cm³/mol. The molecular weight excluding hydrogens is 393 g/mol. The van der Waals surface area contributed by atoms with Gasteiger partial charge in [0.1, 0.15) is 5.82 Å². The maximum atomic E-state index is 13.0. The van der Waals surface area contributed by atoms with Gasteiger partial charge in [0, 0.05) is 18.8 Å². The molecule has 2 aromatic carbocycles. The van der Waals surface area contributed by atoms with Gasteiger partial charge in [-0.05, 0) is 36.4 Å². The minimum atomic E-state index is -3.61. The Morgan fingerprint density at radius 3 is 2.48 bits per heavy atom. The number of nitrogens with one attached hydrogen (secondary N) is 2. The molecular formula is C18H21ClFN3O3S. The second kappa shape index (κ2) is 9.16. The molecule has 0 heterocycles. The molecule has 2 rings (SSSR count). The van der Waals surface area contributed by atoms with Crippen LogP contribution >= 0.6 is 11.6 Å². The van der Waals surface area contributed by atoms with Crippen LogP contribution in [-0.4, -0.2) is 38.3 Å². The maximum Gasteiger partial charge on any atom is 0.243 e. The van der Waals surface area contributed by atoms with E-state index in [-0.39, 0.29) is 16.5 Å². The van der Waals surface area contributed by atoms with E-state index < -0.39 is 21.7 Å². The van der Waals surface area contributed by atoms with Gasteiger partial charge in [0.25, 0.3) is 0 Å². The van der Waals surface area contributed by atoms with E-state index in [2.05, 4.69) is 10.6 Å². The van der Waals surface area contributed by atoms with Crippen molar-refractivity contribution in [2.75, 3.05) is 30.3 Å². The summed E-state index contributed by atoms with van der Waals surface area (Å²) in [5.41, 5.74) is 0.784. The van der Waals surface area contributed by atoms with Crippen molar-refractivity contribution in [2.24, 2.45) is 0 Å². The number of halogens is 2. The van der Waals surface area contributed by atoms with Gasteiger partial charge in [0.05, 0.1) is 22.2 Å². The molecule has 2 aromatic rings. The van der Waals surface area contributed by atoms with Gasteiger partial charge >= 0.3 is 0 Å². The Kier molecular flexibility index (Phi) is 7.18. The van der Waals surface area contributed by atoms with Gasteiger partial charge in [-0.2, -0.15) is 4.31 Å². The van der Waals surface area contributed by atoms with Crippen LogP contribution in [0.3, 0.4) is 0 Å². The Balaban J connectivity index is 2.06. The molecule has 0 aliphatic heterocycles. The molecule has 0 atom stereocenters. The molecule has 0 aliphatic carbocycles. The summed E-state index contributed by atoms with van der Waals surface area (Å²) >= 11 is 5.90. The first-order chi connectivity index (χ1) is 12.8. The number of hydrogen-bond acceptors (Lipinski definition) is 4. The van der Waals surface area contributed by atoms with Crippen molar-refractivity contribution in [3.63, 3.8) is 0 Å². The minimum Gasteiger partial charge on any atom is -0.375 e. The molecule has 0 fully saturated rings. The zero-order chi connectivity index (χ0) is 20.0. The average molecular weight is 414 g/mol. The minimum absolute atomic E-state index is 0.110. The van der Waals surface area contributed by atoms with Gasteiger partial charge in [-0.1, -0.05) is 31.5 Å². The van der Waals surface area contributed by atoms with Crippen LogP contribution in [0.1, 0.15) is 13.8 Å². The lowest BCUT2D eigenvalue weighted by Crippen LogP contribution is -2.30.